The molecule has 0 saturated heterocycles. The van der Waals surface area contributed by atoms with Crippen molar-refractivity contribution in [3.8, 4) is 0 Å². The molecule has 0 rings (SSSR count). The van der Waals surface area contributed by atoms with Gasteiger partial charge in [-0.2, -0.15) is 0 Å². The zero-order valence-corrected chi connectivity index (χ0v) is 38.0. The minimum Gasteiger partial charge on any atom is -0.465 e. The lowest BCUT2D eigenvalue weighted by Crippen LogP contribution is -2.27. The molecule has 0 amide bonds. The molecule has 0 saturated carbocycles. The van der Waals surface area contributed by atoms with E-state index in [1.807, 2.05) is 7.11 Å². The summed E-state index contributed by atoms with van der Waals surface area (Å²) in [5.74, 6) is 1.33. The molecule has 2 unspecified atom stereocenters. The van der Waals surface area contributed by atoms with Gasteiger partial charge in [0.2, 0.25) is 0 Å². The first kappa shape index (κ1) is 56.1. The maximum atomic E-state index is 12.4. The third-order valence-corrected chi connectivity index (χ3v) is 11.3. The summed E-state index contributed by atoms with van der Waals surface area (Å²) >= 11 is 0. The summed E-state index contributed by atoms with van der Waals surface area (Å²) in [6.07, 6.45) is 42.6. The van der Waals surface area contributed by atoms with Gasteiger partial charge in [0.25, 0.3) is 0 Å². The van der Waals surface area contributed by atoms with Gasteiger partial charge in [0.1, 0.15) is 6.29 Å². The third-order valence-electron chi connectivity index (χ3n) is 11.3. The Bertz CT molecular complexity index is 734. The smallest absolute Gasteiger partial charge is 0.305 e. The van der Waals surface area contributed by atoms with Gasteiger partial charge in [-0.05, 0) is 95.7 Å². The monoisotopic (exact) mass is 782 g/mol. The van der Waals surface area contributed by atoms with Gasteiger partial charge in [0.15, 0.2) is 0 Å². The van der Waals surface area contributed by atoms with Crippen molar-refractivity contribution in [3.63, 3.8) is 0 Å². The number of ether oxygens (including phenoxy) is 2. The summed E-state index contributed by atoms with van der Waals surface area (Å²) in [7, 11) is 1.85. The second kappa shape index (κ2) is 49.2. The number of carbonyl (C=O) groups excluding carboxylic acids is 2. The lowest BCUT2D eigenvalue weighted by atomic mass is 9.95. The topological polar surface area (TPSA) is 76.1 Å². The molecule has 0 bridgehead atoms. The van der Waals surface area contributed by atoms with Gasteiger partial charge in [-0.25, -0.2) is 0 Å². The Balaban J connectivity index is 0. The minimum atomic E-state index is -0.0171. The second-order valence-electron chi connectivity index (χ2n) is 16.8. The maximum absolute atomic E-state index is 12.4. The summed E-state index contributed by atoms with van der Waals surface area (Å²) in [6, 6.07) is 0. The molecule has 6 nitrogen and oxygen atoms in total. The van der Waals surface area contributed by atoms with Crippen LogP contribution in [0.5, 0.6) is 0 Å². The standard InChI is InChI=1S/C32H63NO4.C17H36O/c1-3-5-7-9-10-15-23-31(22-14-8-6-4-2)30-37-32(36)24-16-13-18-26-33(27-19-21-29-35)25-17-11-12-20-28-34;1-4-6-8-10-11-13-15-17(16-18-3)14-12-9-7-5-2/h28,31,35H,3-27,29-30H2,1-2H3;17H,4-16H2,1-3H3. The van der Waals surface area contributed by atoms with E-state index in [-0.39, 0.29) is 12.6 Å². The van der Waals surface area contributed by atoms with Gasteiger partial charge in [-0.1, -0.05) is 169 Å². The van der Waals surface area contributed by atoms with Gasteiger partial charge in [-0.15, -0.1) is 0 Å². The average molecular weight is 782 g/mol. The first-order valence-corrected chi connectivity index (χ1v) is 24.4. The molecule has 0 heterocycles. The first-order valence-electron chi connectivity index (χ1n) is 24.4. The summed E-state index contributed by atoms with van der Waals surface area (Å²) in [5.41, 5.74) is 0. The first-order chi connectivity index (χ1) is 27.0. The molecular formula is C49H99NO5. The molecular weight excluding hydrogens is 683 g/mol. The van der Waals surface area contributed by atoms with E-state index in [1.54, 1.807) is 0 Å². The highest BCUT2D eigenvalue weighted by Crippen LogP contribution is 2.21. The maximum Gasteiger partial charge on any atom is 0.305 e. The van der Waals surface area contributed by atoms with E-state index in [9.17, 15) is 9.59 Å². The molecule has 0 aliphatic rings. The van der Waals surface area contributed by atoms with Crippen molar-refractivity contribution in [2.24, 2.45) is 11.8 Å². The van der Waals surface area contributed by atoms with E-state index < -0.39 is 0 Å². The molecule has 1 N–H and O–H groups in total. The van der Waals surface area contributed by atoms with Crippen LogP contribution in [0.1, 0.15) is 246 Å². The van der Waals surface area contributed by atoms with Gasteiger partial charge in [-0.3, -0.25) is 4.79 Å². The van der Waals surface area contributed by atoms with Crippen LogP contribution in [0.4, 0.5) is 0 Å². The van der Waals surface area contributed by atoms with Crippen molar-refractivity contribution in [1.29, 1.82) is 0 Å². The molecule has 330 valence electrons. The quantitative estimate of drug-likeness (QED) is 0.0377. The minimum absolute atomic E-state index is 0.0171. The van der Waals surface area contributed by atoms with Crippen LogP contribution in [-0.4, -0.2) is 68.8 Å². The number of aliphatic hydroxyl groups excluding tert-OH is 1. The molecule has 6 heteroatoms. The van der Waals surface area contributed by atoms with E-state index in [0.717, 1.165) is 89.8 Å². The third kappa shape index (κ3) is 45.6. The van der Waals surface area contributed by atoms with Crippen LogP contribution in [0.15, 0.2) is 0 Å². The molecule has 55 heavy (non-hydrogen) atoms. The van der Waals surface area contributed by atoms with Gasteiger partial charge in [0.05, 0.1) is 6.61 Å². The number of carbonyl (C=O) groups is 2. The van der Waals surface area contributed by atoms with Crippen molar-refractivity contribution in [2.45, 2.75) is 246 Å². The van der Waals surface area contributed by atoms with Crippen molar-refractivity contribution in [3.05, 3.63) is 0 Å². The Kier molecular flexibility index (Phi) is 50.2. The summed E-state index contributed by atoms with van der Waals surface area (Å²) < 4.78 is 11.1. The number of esters is 1. The Labute approximate surface area is 344 Å². The van der Waals surface area contributed by atoms with Crippen LogP contribution in [0.25, 0.3) is 0 Å². The molecule has 0 aromatic heterocycles. The fourth-order valence-electron chi connectivity index (χ4n) is 7.59. The van der Waals surface area contributed by atoms with Crippen LogP contribution in [-0.2, 0) is 19.1 Å². The van der Waals surface area contributed by atoms with Crippen LogP contribution >= 0.6 is 0 Å². The number of unbranched alkanes of at least 4 members (excludes halogenated alkanes) is 22. The average Bonchev–Trinajstić information content (AvgIpc) is 3.19. The Hall–Kier alpha value is -0.980. The normalized spacial score (nSPS) is 12.4. The van der Waals surface area contributed by atoms with Crippen LogP contribution in [0, 0.1) is 11.8 Å². The second-order valence-corrected chi connectivity index (χ2v) is 16.8. The fourth-order valence-corrected chi connectivity index (χ4v) is 7.59. The van der Waals surface area contributed by atoms with E-state index in [4.69, 9.17) is 14.6 Å². The van der Waals surface area contributed by atoms with Crippen molar-refractivity contribution >= 4 is 12.3 Å². The van der Waals surface area contributed by atoms with Crippen molar-refractivity contribution in [2.75, 3.05) is 46.6 Å². The number of aliphatic hydroxyl groups is 1. The highest BCUT2D eigenvalue weighted by Gasteiger charge is 2.13. The molecule has 0 aromatic rings. The van der Waals surface area contributed by atoms with Gasteiger partial charge in [0, 0.05) is 33.2 Å². The number of rotatable bonds is 44. The Morgan fingerprint density at radius 1 is 0.509 bits per heavy atom. The molecule has 0 fully saturated rings. The van der Waals surface area contributed by atoms with Crippen LogP contribution in [0.3, 0.4) is 0 Å². The van der Waals surface area contributed by atoms with Crippen molar-refractivity contribution in [1.82, 2.24) is 4.90 Å². The van der Waals surface area contributed by atoms with Crippen LogP contribution < -0.4 is 0 Å². The zero-order valence-electron chi connectivity index (χ0n) is 38.0. The van der Waals surface area contributed by atoms with Gasteiger partial charge >= 0.3 is 5.97 Å². The molecule has 0 radical (unpaired) electrons. The Morgan fingerprint density at radius 2 is 0.891 bits per heavy atom. The number of nitrogens with zero attached hydrogens (tertiary/aromatic N) is 1. The number of aldehydes is 1. The molecule has 0 aliphatic heterocycles. The van der Waals surface area contributed by atoms with Crippen molar-refractivity contribution < 1.29 is 24.2 Å². The van der Waals surface area contributed by atoms with Gasteiger partial charge < -0.3 is 24.3 Å². The molecule has 0 aliphatic carbocycles. The number of hydrogen-bond acceptors (Lipinski definition) is 6. The fraction of sp³-hybridized carbons (Fsp3) is 0.959. The predicted octanol–water partition coefficient (Wildman–Crippen LogP) is 14.2. The highest BCUT2D eigenvalue weighted by molar-refractivity contribution is 5.69. The lowest BCUT2D eigenvalue weighted by molar-refractivity contribution is -0.145. The Morgan fingerprint density at radius 3 is 1.33 bits per heavy atom. The van der Waals surface area contributed by atoms with Crippen LogP contribution in [0.2, 0.25) is 0 Å². The SMILES string of the molecule is CCCCCCCCC(CCCCCC)COC.CCCCCCCCC(CCCCCC)COC(=O)CCCCCN(CCCCO)CCCCCC=O. The summed E-state index contributed by atoms with van der Waals surface area (Å²) in [6.45, 7) is 14.1. The molecule has 2 atom stereocenters. The number of hydrogen-bond donors (Lipinski definition) is 1. The summed E-state index contributed by atoms with van der Waals surface area (Å²) in [5, 5.41) is 9.08. The number of methoxy groups -OCH3 is 1. The van der Waals surface area contributed by atoms with E-state index in [0.29, 0.717) is 25.4 Å². The predicted molar refractivity (Wildman–Crippen MR) is 239 cm³/mol. The van der Waals surface area contributed by atoms with E-state index in [2.05, 4.69) is 32.6 Å². The molecule has 0 spiro atoms. The lowest BCUT2D eigenvalue weighted by Gasteiger charge is -2.22. The van der Waals surface area contributed by atoms with E-state index in [1.165, 1.54) is 154 Å². The molecule has 0 aromatic carbocycles. The zero-order chi connectivity index (χ0) is 40.7. The van der Waals surface area contributed by atoms with E-state index >= 15 is 0 Å². The largest absolute Gasteiger partial charge is 0.465 e. The highest BCUT2D eigenvalue weighted by atomic mass is 16.5. The summed E-state index contributed by atoms with van der Waals surface area (Å²) in [4.78, 5) is 25.4.